The average Bonchev–Trinajstić information content (AvgIpc) is 2.95. The minimum atomic E-state index is 0.538. The van der Waals surface area contributed by atoms with Gasteiger partial charge in [-0.2, -0.15) is 0 Å². The first kappa shape index (κ1) is 15.0. The Bertz CT molecular complexity index is 676. The van der Waals surface area contributed by atoms with Crippen molar-refractivity contribution in [3.05, 3.63) is 56.0 Å². The molecule has 0 aromatic heterocycles. The summed E-state index contributed by atoms with van der Waals surface area (Å²) in [5, 5.41) is 4.42. The summed E-state index contributed by atoms with van der Waals surface area (Å²) in [5.74, 6) is 1.02. The number of ether oxygens (including phenoxy) is 1. The summed E-state index contributed by atoms with van der Waals surface area (Å²) in [5.41, 5.74) is 3.46. The van der Waals surface area contributed by atoms with Crippen LogP contribution in [0.1, 0.15) is 11.1 Å². The molecule has 21 heavy (non-hydrogen) atoms. The van der Waals surface area contributed by atoms with Crippen molar-refractivity contribution in [3.8, 4) is 5.75 Å². The van der Waals surface area contributed by atoms with Crippen LogP contribution in [-0.4, -0.2) is 13.2 Å². The van der Waals surface area contributed by atoms with E-state index in [0.717, 1.165) is 41.9 Å². The van der Waals surface area contributed by atoms with Crippen molar-refractivity contribution in [2.75, 3.05) is 18.5 Å². The van der Waals surface area contributed by atoms with Gasteiger partial charge in [0.15, 0.2) is 0 Å². The average molecular weight is 387 g/mol. The largest absolute Gasteiger partial charge is 0.493 e. The van der Waals surface area contributed by atoms with Gasteiger partial charge in [0.25, 0.3) is 0 Å². The molecule has 0 bridgehead atoms. The molecular formula is C16H14BrCl2NO. The van der Waals surface area contributed by atoms with Gasteiger partial charge in [0, 0.05) is 17.4 Å². The number of benzene rings is 2. The molecule has 1 aliphatic rings. The summed E-state index contributed by atoms with van der Waals surface area (Å²) < 4.78 is 6.32. The molecule has 5 heteroatoms. The summed E-state index contributed by atoms with van der Waals surface area (Å²) >= 11 is 15.7. The van der Waals surface area contributed by atoms with E-state index in [1.54, 1.807) is 0 Å². The van der Waals surface area contributed by atoms with Crippen LogP contribution in [-0.2, 0) is 12.8 Å². The van der Waals surface area contributed by atoms with Crippen molar-refractivity contribution in [3.63, 3.8) is 0 Å². The number of hydrogen-bond acceptors (Lipinski definition) is 2. The van der Waals surface area contributed by atoms with Gasteiger partial charge in [-0.15, -0.1) is 0 Å². The summed E-state index contributed by atoms with van der Waals surface area (Å²) in [4.78, 5) is 0. The molecule has 110 valence electrons. The van der Waals surface area contributed by atoms with Crippen LogP contribution in [0, 0.1) is 0 Å². The number of halogens is 3. The van der Waals surface area contributed by atoms with Crippen molar-refractivity contribution in [2.45, 2.75) is 12.8 Å². The molecule has 0 saturated carbocycles. The maximum absolute atomic E-state index is 6.22. The molecule has 2 nitrogen and oxygen atoms in total. The second-order valence-corrected chi connectivity index (χ2v) is 6.55. The standard InChI is InChI=1S/C16H14BrCl2NO/c17-12-2-3-13(16(19)15(12)18)20-7-5-10-1-4-14-11(9-10)6-8-21-14/h1-4,9,20H,5-8H2. The van der Waals surface area contributed by atoms with Gasteiger partial charge in [0.2, 0.25) is 0 Å². The number of rotatable bonds is 4. The Labute approximate surface area is 142 Å². The molecule has 0 radical (unpaired) electrons. The van der Waals surface area contributed by atoms with Crippen LogP contribution in [0.5, 0.6) is 5.75 Å². The lowest BCUT2D eigenvalue weighted by atomic mass is 10.1. The van der Waals surface area contributed by atoms with Gasteiger partial charge in [-0.25, -0.2) is 0 Å². The molecular weight excluding hydrogens is 373 g/mol. The van der Waals surface area contributed by atoms with Crippen LogP contribution in [0.3, 0.4) is 0 Å². The van der Waals surface area contributed by atoms with Gasteiger partial charge in [-0.1, -0.05) is 35.3 Å². The maximum Gasteiger partial charge on any atom is 0.122 e. The summed E-state index contributed by atoms with van der Waals surface area (Å²) in [7, 11) is 0. The molecule has 0 unspecified atom stereocenters. The molecule has 0 atom stereocenters. The number of nitrogens with one attached hydrogen (secondary N) is 1. The smallest absolute Gasteiger partial charge is 0.122 e. The fourth-order valence-corrected chi connectivity index (χ4v) is 3.24. The molecule has 0 saturated heterocycles. The fourth-order valence-electron chi connectivity index (χ4n) is 2.40. The lowest BCUT2D eigenvalue weighted by molar-refractivity contribution is 0.357. The van der Waals surface area contributed by atoms with Gasteiger partial charge in [0.1, 0.15) is 5.75 Å². The Balaban J connectivity index is 1.63. The topological polar surface area (TPSA) is 21.3 Å². The Morgan fingerprint density at radius 2 is 2.00 bits per heavy atom. The van der Waals surface area contributed by atoms with E-state index in [1.807, 2.05) is 12.1 Å². The van der Waals surface area contributed by atoms with Crippen molar-refractivity contribution in [1.82, 2.24) is 0 Å². The quantitative estimate of drug-likeness (QED) is 0.715. The monoisotopic (exact) mass is 385 g/mol. The van der Waals surface area contributed by atoms with Gasteiger partial charge >= 0.3 is 0 Å². The summed E-state index contributed by atoms with van der Waals surface area (Å²) in [6.45, 7) is 1.60. The molecule has 2 aromatic rings. The molecule has 3 rings (SSSR count). The molecule has 0 aliphatic carbocycles. The minimum Gasteiger partial charge on any atom is -0.493 e. The van der Waals surface area contributed by atoms with E-state index in [9.17, 15) is 0 Å². The van der Waals surface area contributed by atoms with Gasteiger partial charge in [0.05, 0.1) is 22.3 Å². The van der Waals surface area contributed by atoms with E-state index >= 15 is 0 Å². The van der Waals surface area contributed by atoms with Crippen LogP contribution in [0.25, 0.3) is 0 Å². The van der Waals surface area contributed by atoms with Gasteiger partial charge < -0.3 is 10.1 Å². The predicted molar refractivity (Wildman–Crippen MR) is 92.0 cm³/mol. The van der Waals surface area contributed by atoms with Crippen LogP contribution >= 0.6 is 39.1 Å². The van der Waals surface area contributed by atoms with E-state index in [1.165, 1.54) is 11.1 Å². The number of hydrogen-bond donors (Lipinski definition) is 1. The van der Waals surface area contributed by atoms with Crippen molar-refractivity contribution in [1.29, 1.82) is 0 Å². The molecule has 2 aromatic carbocycles. The minimum absolute atomic E-state index is 0.538. The highest BCUT2D eigenvalue weighted by Crippen LogP contribution is 2.35. The fraction of sp³-hybridized carbons (Fsp3) is 0.250. The predicted octanol–water partition coefficient (Wildman–Crippen LogP) is 5.35. The third-order valence-electron chi connectivity index (χ3n) is 3.52. The Kier molecular flexibility index (Phi) is 4.63. The third-order valence-corrected chi connectivity index (χ3v) is 5.29. The van der Waals surface area contributed by atoms with E-state index in [4.69, 9.17) is 27.9 Å². The lowest BCUT2D eigenvalue weighted by Crippen LogP contribution is -2.05. The van der Waals surface area contributed by atoms with E-state index in [0.29, 0.717) is 10.0 Å². The van der Waals surface area contributed by atoms with Crippen molar-refractivity contribution >= 4 is 44.8 Å². The lowest BCUT2D eigenvalue weighted by Gasteiger charge is -2.11. The highest BCUT2D eigenvalue weighted by atomic mass is 79.9. The number of anilines is 1. The van der Waals surface area contributed by atoms with Crippen LogP contribution < -0.4 is 10.1 Å². The molecule has 1 heterocycles. The van der Waals surface area contributed by atoms with Gasteiger partial charge in [-0.05, 0) is 51.7 Å². The van der Waals surface area contributed by atoms with Crippen LogP contribution in [0.2, 0.25) is 10.0 Å². The van der Waals surface area contributed by atoms with Crippen LogP contribution in [0.15, 0.2) is 34.8 Å². The van der Waals surface area contributed by atoms with E-state index < -0.39 is 0 Å². The van der Waals surface area contributed by atoms with E-state index in [-0.39, 0.29) is 0 Å². The molecule has 1 N–H and O–H groups in total. The second kappa shape index (κ2) is 6.47. The summed E-state index contributed by atoms with van der Waals surface area (Å²) in [6.07, 6.45) is 1.93. The zero-order valence-electron chi connectivity index (χ0n) is 11.3. The first-order chi connectivity index (χ1) is 10.1. The zero-order chi connectivity index (χ0) is 14.8. The van der Waals surface area contributed by atoms with Crippen LogP contribution in [0.4, 0.5) is 5.69 Å². The van der Waals surface area contributed by atoms with Crippen molar-refractivity contribution in [2.24, 2.45) is 0 Å². The third kappa shape index (κ3) is 3.31. The van der Waals surface area contributed by atoms with Gasteiger partial charge in [-0.3, -0.25) is 0 Å². The highest BCUT2D eigenvalue weighted by molar-refractivity contribution is 9.10. The molecule has 0 fully saturated rings. The Morgan fingerprint density at radius 1 is 1.14 bits per heavy atom. The first-order valence-electron chi connectivity index (χ1n) is 6.77. The normalized spacial score (nSPS) is 12.9. The number of fused-ring (bicyclic) bond motifs is 1. The maximum atomic E-state index is 6.22. The SMILES string of the molecule is Clc1c(Br)ccc(NCCc2ccc3c(c2)CCO3)c1Cl. The van der Waals surface area contributed by atoms with Crippen molar-refractivity contribution < 1.29 is 4.74 Å². The Hall–Kier alpha value is -0.900. The molecule has 0 amide bonds. The zero-order valence-corrected chi connectivity index (χ0v) is 14.4. The highest BCUT2D eigenvalue weighted by Gasteiger charge is 2.12. The Morgan fingerprint density at radius 3 is 2.86 bits per heavy atom. The molecule has 0 spiro atoms. The van der Waals surface area contributed by atoms with E-state index in [2.05, 4.69) is 39.4 Å². The first-order valence-corrected chi connectivity index (χ1v) is 8.32. The second-order valence-electron chi connectivity index (χ2n) is 4.94. The molecule has 1 aliphatic heterocycles. The summed E-state index contributed by atoms with van der Waals surface area (Å²) in [6, 6.07) is 10.2.